The summed E-state index contributed by atoms with van der Waals surface area (Å²) in [5.41, 5.74) is -0.865. The molecule has 6 nitrogen and oxygen atoms in total. The van der Waals surface area contributed by atoms with Crippen LogP contribution >= 0.6 is 0 Å². The number of nitrogens with one attached hydrogen (secondary N) is 1. The van der Waals surface area contributed by atoms with Gasteiger partial charge in [-0.05, 0) is 26.2 Å². The Kier molecular flexibility index (Phi) is 3.28. The van der Waals surface area contributed by atoms with Gasteiger partial charge in [0.05, 0.1) is 5.41 Å². The fourth-order valence-electron chi connectivity index (χ4n) is 2.62. The van der Waals surface area contributed by atoms with Gasteiger partial charge in [0.2, 0.25) is 11.8 Å². The van der Waals surface area contributed by atoms with Gasteiger partial charge in [-0.3, -0.25) is 14.4 Å². The first-order chi connectivity index (χ1) is 8.42. The second-order valence-corrected chi connectivity index (χ2v) is 5.39. The van der Waals surface area contributed by atoms with E-state index in [4.69, 9.17) is 0 Å². The van der Waals surface area contributed by atoms with Crippen LogP contribution in [0.4, 0.5) is 0 Å². The Morgan fingerprint density at radius 2 is 2.22 bits per heavy atom. The van der Waals surface area contributed by atoms with Gasteiger partial charge in [0.1, 0.15) is 6.04 Å². The van der Waals surface area contributed by atoms with Crippen LogP contribution in [0.2, 0.25) is 0 Å². The lowest BCUT2D eigenvalue weighted by Gasteiger charge is -2.38. The molecule has 0 radical (unpaired) electrons. The minimum Gasteiger partial charge on any atom is -0.481 e. The number of nitrogens with zero attached hydrogens (tertiary/aromatic N) is 1. The minimum absolute atomic E-state index is 0.105. The highest BCUT2D eigenvalue weighted by atomic mass is 16.4. The molecule has 18 heavy (non-hydrogen) atoms. The summed E-state index contributed by atoms with van der Waals surface area (Å²) < 4.78 is 0. The van der Waals surface area contributed by atoms with E-state index < -0.39 is 17.4 Å². The van der Waals surface area contributed by atoms with Crippen LogP contribution in [0, 0.1) is 5.41 Å². The van der Waals surface area contributed by atoms with Crippen molar-refractivity contribution in [1.29, 1.82) is 0 Å². The Bertz CT molecular complexity index is 396. The predicted molar refractivity (Wildman–Crippen MR) is 62.7 cm³/mol. The molecule has 100 valence electrons. The molecule has 2 N–H and O–H groups in total. The average molecular weight is 254 g/mol. The molecule has 0 bridgehead atoms. The molecular weight excluding hydrogens is 236 g/mol. The van der Waals surface area contributed by atoms with E-state index >= 15 is 0 Å². The van der Waals surface area contributed by atoms with Gasteiger partial charge < -0.3 is 15.3 Å². The standard InChI is InChI=1S/C12H18N2O4/c1-12(11(17)18)5-2-6-14(7-12)10(16)8-3-4-9(15)13-8/h8H,2-7H2,1H3,(H,13,15)(H,17,18)/t8-,12?/m1/s1. The molecular formula is C12H18N2O4. The third-order valence-corrected chi connectivity index (χ3v) is 3.82. The van der Waals surface area contributed by atoms with Gasteiger partial charge in [0, 0.05) is 19.5 Å². The molecule has 2 fully saturated rings. The van der Waals surface area contributed by atoms with Crippen LogP contribution in [-0.4, -0.2) is 46.9 Å². The fraction of sp³-hybridized carbons (Fsp3) is 0.750. The Labute approximate surface area is 105 Å². The number of hydrogen-bond donors (Lipinski definition) is 2. The maximum Gasteiger partial charge on any atom is 0.311 e. The van der Waals surface area contributed by atoms with E-state index in [0.717, 1.165) is 0 Å². The van der Waals surface area contributed by atoms with E-state index in [1.807, 2.05) is 0 Å². The number of piperidine rings is 1. The zero-order valence-electron chi connectivity index (χ0n) is 10.4. The maximum absolute atomic E-state index is 12.2. The molecule has 0 aromatic carbocycles. The number of likely N-dealkylation sites (tertiary alicyclic amines) is 1. The van der Waals surface area contributed by atoms with Crippen LogP contribution in [0.25, 0.3) is 0 Å². The normalized spacial score (nSPS) is 32.2. The molecule has 2 aliphatic heterocycles. The van der Waals surface area contributed by atoms with Crippen LogP contribution in [0.5, 0.6) is 0 Å². The number of hydrogen-bond acceptors (Lipinski definition) is 3. The molecule has 0 aromatic rings. The Balaban J connectivity index is 2.03. The summed E-state index contributed by atoms with van der Waals surface area (Å²) in [6, 6.07) is -0.464. The third-order valence-electron chi connectivity index (χ3n) is 3.82. The number of rotatable bonds is 2. The van der Waals surface area contributed by atoms with Gasteiger partial charge in [-0.2, -0.15) is 0 Å². The van der Waals surface area contributed by atoms with E-state index in [9.17, 15) is 19.5 Å². The Morgan fingerprint density at radius 3 is 2.78 bits per heavy atom. The number of carboxylic acid groups (broad SMARTS) is 1. The van der Waals surface area contributed by atoms with Crippen LogP contribution in [0.15, 0.2) is 0 Å². The lowest BCUT2D eigenvalue weighted by Crippen LogP contribution is -2.53. The van der Waals surface area contributed by atoms with Crippen molar-refractivity contribution in [2.45, 2.75) is 38.6 Å². The lowest BCUT2D eigenvalue weighted by molar-refractivity contribution is -0.154. The molecule has 0 spiro atoms. The summed E-state index contributed by atoms with van der Waals surface area (Å²) in [6.07, 6.45) is 2.16. The Hall–Kier alpha value is -1.59. The van der Waals surface area contributed by atoms with Crippen LogP contribution < -0.4 is 5.32 Å². The van der Waals surface area contributed by atoms with Crippen molar-refractivity contribution in [2.75, 3.05) is 13.1 Å². The zero-order valence-corrected chi connectivity index (χ0v) is 10.4. The number of carboxylic acids is 1. The molecule has 2 atom stereocenters. The predicted octanol–water partition coefficient (Wildman–Crippen LogP) is -0.0217. The van der Waals surface area contributed by atoms with Gasteiger partial charge >= 0.3 is 5.97 Å². The van der Waals surface area contributed by atoms with Gasteiger partial charge in [0.25, 0.3) is 0 Å². The molecule has 0 aromatic heterocycles. The van der Waals surface area contributed by atoms with Crippen LogP contribution in [0.3, 0.4) is 0 Å². The van der Waals surface area contributed by atoms with Crippen molar-refractivity contribution in [3.63, 3.8) is 0 Å². The second kappa shape index (κ2) is 4.59. The number of carbonyl (C=O) groups excluding carboxylic acids is 2. The van der Waals surface area contributed by atoms with Gasteiger partial charge in [0.15, 0.2) is 0 Å². The van der Waals surface area contributed by atoms with Crippen molar-refractivity contribution < 1.29 is 19.5 Å². The number of carbonyl (C=O) groups is 3. The summed E-state index contributed by atoms with van der Waals surface area (Å²) in [5, 5.41) is 11.8. The van der Waals surface area contributed by atoms with Crippen molar-refractivity contribution in [3.05, 3.63) is 0 Å². The highest BCUT2D eigenvalue weighted by Gasteiger charge is 2.41. The highest BCUT2D eigenvalue weighted by Crippen LogP contribution is 2.30. The topological polar surface area (TPSA) is 86.7 Å². The van der Waals surface area contributed by atoms with Gasteiger partial charge in [-0.25, -0.2) is 0 Å². The summed E-state index contributed by atoms with van der Waals surface area (Å²) in [6.45, 7) is 2.48. The summed E-state index contributed by atoms with van der Waals surface area (Å²) in [4.78, 5) is 36.1. The third kappa shape index (κ3) is 2.32. The highest BCUT2D eigenvalue weighted by molar-refractivity contribution is 5.91. The van der Waals surface area contributed by atoms with Crippen LogP contribution in [0.1, 0.15) is 32.6 Å². The molecule has 0 aliphatic carbocycles. The summed E-state index contributed by atoms with van der Waals surface area (Å²) >= 11 is 0. The quantitative estimate of drug-likeness (QED) is 0.725. The molecule has 1 unspecified atom stereocenters. The number of amides is 2. The van der Waals surface area contributed by atoms with Crippen molar-refractivity contribution in [2.24, 2.45) is 5.41 Å². The maximum atomic E-state index is 12.2. The van der Waals surface area contributed by atoms with E-state index in [1.54, 1.807) is 11.8 Å². The monoisotopic (exact) mass is 254 g/mol. The van der Waals surface area contributed by atoms with E-state index in [2.05, 4.69) is 5.32 Å². The average Bonchev–Trinajstić information content (AvgIpc) is 2.75. The Morgan fingerprint density at radius 1 is 1.50 bits per heavy atom. The van der Waals surface area contributed by atoms with E-state index in [-0.39, 0.29) is 18.4 Å². The summed E-state index contributed by atoms with van der Waals surface area (Å²) in [5.74, 6) is -1.12. The van der Waals surface area contributed by atoms with E-state index in [0.29, 0.717) is 32.2 Å². The van der Waals surface area contributed by atoms with Crippen LogP contribution in [-0.2, 0) is 14.4 Å². The SMILES string of the molecule is CC1(C(=O)O)CCCN(C(=O)[C@H]2CCC(=O)N2)C1. The number of aliphatic carboxylic acids is 1. The molecule has 2 amide bonds. The first-order valence-corrected chi connectivity index (χ1v) is 6.24. The first-order valence-electron chi connectivity index (χ1n) is 6.24. The molecule has 6 heteroatoms. The van der Waals surface area contributed by atoms with Crippen molar-refractivity contribution in [1.82, 2.24) is 10.2 Å². The van der Waals surface area contributed by atoms with Gasteiger partial charge in [-0.15, -0.1) is 0 Å². The van der Waals surface area contributed by atoms with Crippen molar-refractivity contribution >= 4 is 17.8 Å². The zero-order chi connectivity index (χ0) is 13.3. The van der Waals surface area contributed by atoms with Crippen molar-refractivity contribution in [3.8, 4) is 0 Å². The molecule has 2 rings (SSSR count). The fourth-order valence-corrected chi connectivity index (χ4v) is 2.62. The second-order valence-electron chi connectivity index (χ2n) is 5.39. The molecule has 2 saturated heterocycles. The van der Waals surface area contributed by atoms with Gasteiger partial charge in [-0.1, -0.05) is 0 Å². The minimum atomic E-state index is -0.865. The first kappa shape index (κ1) is 12.9. The largest absolute Gasteiger partial charge is 0.481 e. The lowest BCUT2D eigenvalue weighted by atomic mass is 9.82. The van der Waals surface area contributed by atoms with E-state index in [1.165, 1.54) is 0 Å². The molecule has 0 saturated carbocycles. The smallest absolute Gasteiger partial charge is 0.311 e. The molecule has 2 aliphatic rings. The molecule has 2 heterocycles. The summed E-state index contributed by atoms with van der Waals surface area (Å²) in [7, 11) is 0.